The van der Waals surface area contributed by atoms with Crippen LogP contribution in [0.5, 0.6) is 0 Å². The van der Waals surface area contributed by atoms with Gasteiger partial charge in [0.05, 0.1) is 4.21 Å². The summed E-state index contributed by atoms with van der Waals surface area (Å²) in [6.45, 7) is 0. The molecule has 4 heteroatoms. The molecule has 0 spiro atoms. The topological polar surface area (TPSA) is 52.0 Å². The Bertz CT molecular complexity index is 424. The van der Waals surface area contributed by atoms with Crippen LogP contribution in [-0.4, -0.2) is 0 Å². The SMILES string of the molecule is Nc1ccc(Sc2cccs2)c(N)c1. The average molecular weight is 222 g/mol. The van der Waals surface area contributed by atoms with Crippen molar-refractivity contribution in [3.63, 3.8) is 0 Å². The molecule has 0 aliphatic heterocycles. The van der Waals surface area contributed by atoms with E-state index >= 15 is 0 Å². The highest BCUT2D eigenvalue weighted by Crippen LogP contribution is 2.35. The minimum atomic E-state index is 0.707. The highest BCUT2D eigenvalue weighted by atomic mass is 32.2. The van der Waals surface area contributed by atoms with Crippen LogP contribution in [0.1, 0.15) is 0 Å². The molecule has 4 N–H and O–H groups in total. The van der Waals surface area contributed by atoms with Crippen molar-refractivity contribution in [2.24, 2.45) is 0 Å². The molecule has 0 radical (unpaired) electrons. The predicted molar refractivity (Wildman–Crippen MR) is 63.7 cm³/mol. The lowest BCUT2D eigenvalue weighted by molar-refractivity contribution is 1.46. The number of hydrogen-bond acceptors (Lipinski definition) is 4. The molecule has 72 valence electrons. The van der Waals surface area contributed by atoms with Gasteiger partial charge in [-0.3, -0.25) is 0 Å². The van der Waals surface area contributed by atoms with Crippen molar-refractivity contribution in [1.82, 2.24) is 0 Å². The van der Waals surface area contributed by atoms with Crippen molar-refractivity contribution in [3.05, 3.63) is 35.7 Å². The third kappa shape index (κ3) is 2.02. The van der Waals surface area contributed by atoms with Gasteiger partial charge in [-0.05, 0) is 29.6 Å². The smallest absolute Gasteiger partial charge is 0.0647 e. The Morgan fingerprint density at radius 2 is 2.00 bits per heavy atom. The van der Waals surface area contributed by atoms with E-state index in [1.807, 2.05) is 18.2 Å². The molecule has 0 saturated carbocycles. The Balaban J connectivity index is 2.25. The summed E-state index contributed by atoms with van der Waals surface area (Å²) in [5.41, 5.74) is 12.9. The van der Waals surface area contributed by atoms with Gasteiger partial charge in [0, 0.05) is 16.3 Å². The van der Waals surface area contributed by atoms with Crippen LogP contribution in [0.4, 0.5) is 11.4 Å². The van der Waals surface area contributed by atoms with E-state index in [9.17, 15) is 0 Å². The first-order chi connectivity index (χ1) is 6.75. The van der Waals surface area contributed by atoms with Crippen molar-refractivity contribution < 1.29 is 0 Å². The first-order valence-electron chi connectivity index (χ1n) is 4.12. The lowest BCUT2D eigenvalue weighted by atomic mass is 10.3. The van der Waals surface area contributed by atoms with Crippen LogP contribution < -0.4 is 11.5 Å². The maximum Gasteiger partial charge on any atom is 0.0647 e. The molecule has 2 nitrogen and oxygen atoms in total. The molecule has 0 aliphatic rings. The fourth-order valence-electron chi connectivity index (χ4n) is 1.09. The fraction of sp³-hybridized carbons (Fsp3) is 0. The fourth-order valence-corrected chi connectivity index (χ4v) is 2.84. The summed E-state index contributed by atoms with van der Waals surface area (Å²) in [7, 11) is 0. The van der Waals surface area contributed by atoms with Crippen LogP contribution in [0.2, 0.25) is 0 Å². The molecule has 0 bridgehead atoms. The standard InChI is InChI=1S/C10H10N2S2/c11-7-3-4-9(8(12)6-7)14-10-2-1-5-13-10/h1-6H,11-12H2. The Labute approximate surface area is 90.9 Å². The Morgan fingerprint density at radius 3 is 2.64 bits per heavy atom. The summed E-state index contributed by atoms with van der Waals surface area (Å²) < 4.78 is 1.24. The number of nitrogen functional groups attached to an aromatic ring is 2. The van der Waals surface area contributed by atoms with Crippen LogP contribution >= 0.6 is 23.1 Å². The van der Waals surface area contributed by atoms with E-state index < -0.39 is 0 Å². The number of nitrogens with two attached hydrogens (primary N) is 2. The summed E-state index contributed by atoms with van der Waals surface area (Å²) in [6.07, 6.45) is 0. The molecule has 14 heavy (non-hydrogen) atoms. The monoisotopic (exact) mass is 222 g/mol. The van der Waals surface area contributed by atoms with Crippen molar-refractivity contribution >= 4 is 34.5 Å². The summed E-state index contributed by atoms with van der Waals surface area (Å²) in [5, 5.41) is 2.05. The molecular weight excluding hydrogens is 212 g/mol. The molecule has 2 aromatic rings. The van der Waals surface area contributed by atoms with Crippen LogP contribution in [-0.2, 0) is 0 Å². The van der Waals surface area contributed by atoms with E-state index in [1.54, 1.807) is 29.2 Å². The minimum Gasteiger partial charge on any atom is -0.399 e. The van der Waals surface area contributed by atoms with E-state index in [0.29, 0.717) is 5.69 Å². The lowest BCUT2D eigenvalue weighted by Gasteiger charge is -2.03. The third-order valence-electron chi connectivity index (χ3n) is 1.74. The van der Waals surface area contributed by atoms with Gasteiger partial charge in [-0.25, -0.2) is 0 Å². The maximum absolute atomic E-state index is 5.84. The van der Waals surface area contributed by atoms with E-state index in [2.05, 4.69) is 11.4 Å². The zero-order chi connectivity index (χ0) is 9.97. The molecule has 1 aromatic carbocycles. The summed E-state index contributed by atoms with van der Waals surface area (Å²) in [5.74, 6) is 0. The highest BCUT2D eigenvalue weighted by molar-refractivity contribution is 8.01. The molecule has 2 rings (SSSR count). The third-order valence-corrected chi connectivity index (χ3v) is 3.87. The van der Waals surface area contributed by atoms with Gasteiger partial charge in [0.1, 0.15) is 0 Å². The summed E-state index contributed by atoms with van der Waals surface area (Å²) in [6, 6.07) is 9.71. The van der Waals surface area contributed by atoms with Crippen molar-refractivity contribution in [2.75, 3.05) is 11.5 Å². The zero-order valence-corrected chi connectivity index (χ0v) is 9.07. The number of rotatable bonds is 2. The maximum atomic E-state index is 5.84. The average Bonchev–Trinajstić information content (AvgIpc) is 2.62. The van der Waals surface area contributed by atoms with E-state index in [-0.39, 0.29) is 0 Å². The Kier molecular flexibility index (Phi) is 2.65. The molecule has 0 unspecified atom stereocenters. The molecule has 0 amide bonds. The Morgan fingerprint density at radius 1 is 1.14 bits per heavy atom. The van der Waals surface area contributed by atoms with Gasteiger partial charge in [-0.1, -0.05) is 17.8 Å². The predicted octanol–water partition coefficient (Wildman–Crippen LogP) is 3.06. The first kappa shape index (κ1) is 9.43. The van der Waals surface area contributed by atoms with Crippen LogP contribution in [0, 0.1) is 0 Å². The second kappa shape index (κ2) is 3.94. The number of thiophene rings is 1. The van der Waals surface area contributed by atoms with E-state index in [1.165, 1.54) is 4.21 Å². The second-order valence-electron chi connectivity index (χ2n) is 2.83. The van der Waals surface area contributed by atoms with Crippen molar-refractivity contribution in [2.45, 2.75) is 9.10 Å². The van der Waals surface area contributed by atoms with Crippen LogP contribution in [0.25, 0.3) is 0 Å². The molecule has 1 heterocycles. The summed E-state index contributed by atoms with van der Waals surface area (Å²) >= 11 is 3.37. The van der Waals surface area contributed by atoms with Crippen LogP contribution in [0.3, 0.4) is 0 Å². The zero-order valence-electron chi connectivity index (χ0n) is 7.44. The van der Waals surface area contributed by atoms with Gasteiger partial charge in [0.2, 0.25) is 0 Å². The van der Waals surface area contributed by atoms with Gasteiger partial charge in [-0.15, -0.1) is 11.3 Å². The summed E-state index contributed by atoms with van der Waals surface area (Å²) in [4.78, 5) is 1.06. The molecular formula is C10H10N2S2. The quantitative estimate of drug-likeness (QED) is 0.768. The van der Waals surface area contributed by atoms with Gasteiger partial charge >= 0.3 is 0 Å². The van der Waals surface area contributed by atoms with Crippen molar-refractivity contribution in [1.29, 1.82) is 0 Å². The van der Waals surface area contributed by atoms with Gasteiger partial charge in [0.15, 0.2) is 0 Å². The van der Waals surface area contributed by atoms with Crippen molar-refractivity contribution in [3.8, 4) is 0 Å². The van der Waals surface area contributed by atoms with Gasteiger partial charge in [-0.2, -0.15) is 0 Å². The van der Waals surface area contributed by atoms with E-state index in [0.717, 1.165) is 10.6 Å². The molecule has 0 saturated heterocycles. The number of benzene rings is 1. The molecule has 0 aliphatic carbocycles. The normalized spacial score (nSPS) is 10.3. The molecule has 1 aromatic heterocycles. The first-order valence-corrected chi connectivity index (χ1v) is 5.81. The van der Waals surface area contributed by atoms with Gasteiger partial charge in [0.25, 0.3) is 0 Å². The van der Waals surface area contributed by atoms with Gasteiger partial charge < -0.3 is 11.5 Å². The number of hydrogen-bond donors (Lipinski definition) is 2. The van der Waals surface area contributed by atoms with Crippen LogP contribution in [0.15, 0.2) is 44.8 Å². The van der Waals surface area contributed by atoms with E-state index in [4.69, 9.17) is 11.5 Å². The minimum absolute atomic E-state index is 0.707. The molecule has 0 atom stereocenters. The Hall–Kier alpha value is -1.13. The lowest BCUT2D eigenvalue weighted by Crippen LogP contribution is -1.91. The second-order valence-corrected chi connectivity index (χ2v) is 5.12. The largest absolute Gasteiger partial charge is 0.399 e. The number of anilines is 2. The molecule has 0 fully saturated rings. The highest BCUT2D eigenvalue weighted by Gasteiger charge is 2.02.